The molecule has 10 heteroatoms. The fourth-order valence-electron chi connectivity index (χ4n) is 2.92. The van der Waals surface area contributed by atoms with Gasteiger partial charge in [-0.25, -0.2) is 4.39 Å². The number of nitrogen functional groups attached to an aromatic ring is 1. The summed E-state index contributed by atoms with van der Waals surface area (Å²) < 4.78 is 13.7. The number of nitrogens with zero attached hydrogens (tertiary/aromatic N) is 2. The van der Waals surface area contributed by atoms with Crippen molar-refractivity contribution in [1.29, 1.82) is 0 Å². The minimum atomic E-state index is -0.876. The Labute approximate surface area is 152 Å². The van der Waals surface area contributed by atoms with Crippen LogP contribution in [0.3, 0.4) is 0 Å². The topological polar surface area (TPSA) is 130 Å². The summed E-state index contributed by atoms with van der Waals surface area (Å²) in [7, 11) is 0. The van der Waals surface area contributed by atoms with Gasteiger partial charge in [-0.3, -0.25) is 9.59 Å². The van der Waals surface area contributed by atoms with Crippen molar-refractivity contribution in [3.05, 3.63) is 40.7 Å². The summed E-state index contributed by atoms with van der Waals surface area (Å²) in [5.74, 6) is -1.96. The second-order valence-corrected chi connectivity index (χ2v) is 7.14. The zero-order valence-corrected chi connectivity index (χ0v) is 14.5. The van der Waals surface area contributed by atoms with E-state index in [4.69, 9.17) is 5.73 Å². The largest absolute Gasteiger partial charge is 0.391 e. The smallest absolute Gasteiger partial charge is 0.254 e. The van der Waals surface area contributed by atoms with Gasteiger partial charge >= 0.3 is 0 Å². The summed E-state index contributed by atoms with van der Waals surface area (Å²) in [6, 6.07) is 4.98. The molecule has 0 saturated heterocycles. The predicted octanol–water partition coefficient (Wildman–Crippen LogP) is 0.445. The van der Waals surface area contributed by atoms with Crippen LogP contribution >= 0.6 is 11.3 Å². The first-order valence-corrected chi connectivity index (χ1v) is 8.84. The highest BCUT2D eigenvalue weighted by Crippen LogP contribution is 2.27. The van der Waals surface area contributed by atoms with Gasteiger partial charge in [-0.15, -0.1) is 10.2 Å². The zero-order chi connectivity index (χ0) is 18.7. The van der Waals surface area contributed by atoms with Crippen LogP contribution in [0.1, 0.15) is 28.2 Å². The third kappa shape index (κ3) is 4.14. The van der Waals surface area contributed by atoms with Crippen molar-refractivity contribution in [3.8, 4) is 0 Å². The monoisotopic (exact) mass is 379 g/mol. The molecule has 1 aromatic heterocycles. The minimum absolute atomic E-state index is 0.0959. The van der Waals surface area contributed by atoms with Gasteiger partial charge in [0.05, 0.1) is 24.3 Å². The Balaban J connectivity index is 1.54. The van der Waals surface area contributed by atoms with Crippen LogP contribution in [0, 0.1) is 11.7 Å². The Morgan fingerprint density at radius 3 is 2.77 bits per heavy atom. The molecule has 1 fully saturated rings. The number of anilines is 1. The van der Waals surface area contributed by atoms with E-state index in [9.17, 15) is 19.1 Å². The van der Waals surface area contributed by atoms with Gasteiger partial charge in [-0.1, -0.05) is 23.5 Å². The molecule has 1 aliphatic carbocycles. The molecule has 0 radical (unpaired) electrons. The summed E-state index contributed by atoms with van der Waals surface area (Å²) in [4.78, 5) is 24.4. The molecular formula is C16H18FN5O3S. The standard InChI is InChI=1S/C16H18FN5O3S/c17-10-4-2-1-3-9(10)15(25)20-11-5-8(6-12(11)23)14(24)19-7-13-21-22-16(18)26-13/h1-4,8,11-12,23H,5-7H2,(H2,18,22)(H,19,24)(H,20,25)/t8-,11-,12-/m0/s1. The summed E-state index contributed by atoms with van der Waals surface area (Å²) in [5.41, 5.74) is 5.38. The number of aliphatic hydroxyl groups excluding tert-OH is 1. The third-order valence-corrected chi connectivity index (χ3v) is 4.98. The van der Waals surface area contributed by atoms with Crippen LogP contribution in [0.25, 0.3) is 0 Å². The molecule has 3 atom stereocenters. The Bertz CT molecular complexity index is 815. The number of amides is 2. The number of nitrogens with one attached hydrogen (secondary N) is 2. The number of halogens is 1. The average molecular weight is 379 g/mol. The molecule has 1 heterocycles. The summed E-state index contributed by atoms with van der Waals surface area (Å²) in [5, 5.41) is 23.8. The lowest BCUT2D eigenvalue weighted by atomic mass is 10.1. The van der Waals surface area contributed by atoms with Gasteiger partial charge in [0.25, 0.3) is 5.91 Å². The van der Waals surface area contributed by atoms with E-state index >= 15 is 0 Å². The summed E-state index contributed by atoms with van der Waals surface area (Å²) >= 11 is 1.18. The molecule has 138 valence electrons. The van der Waals surface area contributed by atoms with Crippen LogP contribution in [0.15, 0.2) is 24.3 Å². The number of benzene rings is 1. The predicted molar refractivity (Wildman–Crippen MR) is 92.6 cm³/mol. The minimum Gasteiger partial charge on any atom is -0.391 e. The lowest BCUT2D eigenvalue weighted by Gasteiger charge is -2.16. The molecule has 0 aliphatic heterocycles. The molecule has 0 bridgehead atoms. The van der Waals surface area contributed by atoms with Crippen molar-refractivity contribution in [2.24, 2.45) is 5.92 Å². The first kappa shape index (κ1) is 18.2. The molecule has 0 spiro atoms. The second kappa shape index (κ2) is 7.75. The van der Waals surface area contributed by atoms with E-state index in [1.54, 1.807) is 6.07 Å². The van der Waals surface area contributed by atoms with E-state index in [0.29, 0.717) is 10.1 Å². The number of nitrogens with two attached hydrogens (primary N) is 1. The number of carbonyl (C=O) groups is 2. The quantitative estimate of drug-likeness (QED) is 0.597. The maximum atomic E-state index is 13.7. The second-order valence-electron chi connectivity index (χ2n) is 6.05. The first-order valence-electron chi connectivity index (χ1n) is 8.03. The van der Waals surface area contributed by atoms with Crippen LogP contribution in [-0.2, 0) is 11.3 Å². The van der Waals surface area contributed by atoms with Crippen molar-refractivity contribution in [2.75, 3.05) is 5.73 Å². The van der Waals surface area contributed by atoms with Gasteiger partial charge < -0.3 is 21.5 Å². The fraction of sp³-hybridized carbons (Fsp3) is 0.375. The SMILES string of the molecule is Nc1nnc(CNC(=O)[C@H]2C[C@H](NC(=O)c3ccccc3F)[C@@H](O)C2)s1. The van der Waals surface area contributed by atoms with Crippen molar-refractivity contribution in [3.63, 3.8) is 0 Å². The molecule has 5 N–H and O–H groups in total. The van der Waals surface area contributed by atoms with Crippen LogP contribution in [0.2, 0.25) is 0 Å². The Kier molecular flexibility index (Phi) is 5.43. The normalized spacial score (nSPS) is 22.2. The number of hydrogen-bond donors (Lipinski definition) is 4. The lowest BCUT2D eigenvalue weighted by Crippen LogP contribution is -2.40. The molecule has 2 amide bonds. The van der Waals surface area contributed by atoms with Gasteiger partial charge in [0.1, 0.15) is 10.8 Å². The maximum Gasteiger partial charge on any atom is 0.254 e. The number of aliphatic hydroxyl groups is 1. The third-order valence-electron chi connectivity index (χ3n) is 4.23. The Morgan fingerprint density at radius 2 is 2.08 bits per heavy atom. The number of hydrogen-bond acceptors (Lipinski definition) is 7. The van der Waals surface area contributed by atoms with Crippen LogP contribution < -0.4 is 16.4 Å². The molecule has 1 aromatic carbocycles. The van der Waals surface area contributed by atoms with Crippen LogP contribution in [-0.4, -0.2) is 39.3 Å². The van der Waals surface area contributed by atoms with E-state index in [-0.39, 0.29) is 30.9 Å². The molecule has 26 heavy (non-hydrogen) atoms. The molecule has 1 saturated carbocycles. The Morgan fingerprint density at radius 1 is 1.31 bits per heavy atom. The average Bonchev–Trinajstić information content (AvgIpc) is 3.19. The van der Waals surface area contributed by atoms with Crippen molar-refractivity contribution in [2.45, 2.75) is 31.5 Å². The highest BCUT2D eigenvalue weighted by molar-refractivity contribution is 7.15. The molecule has 1 aliphatic rings. The van der Waals surface area contributed by atoms with Crippen molar-refractivity contribution >= 4 is 28.3 Å². The lowest BCUT2D eigenvalue weighted by molar-refractivity contribution is -0.125. The maximum absolute atomic E-state index is 13.7. The fourth-order valence-corrected chi connectivity index (χ4v) is 3.47. The molecule has 0 unspecified atom stereocenters. The van der Waals surface area contributed by atoms with Gasteiger partial charge in [-0.05, 0) is 25.0 Å². The van der Waals surface area contributed by atoms with Gasteiger partial charge in [-0.2, -0.15) is 0 Å². The zero-order valence-electron chi connectivity index (χ0n) is 13.7. The van der Waals surface area contributed by atoms with Crippen molar-refractivity contribution < 1.29 is 19.1 Å². The highest BCUT2D eigenvalue weighted by Gasteiger charge is 2.38. The molecule has 2 aromatic rings. The molecule has 8 nitrogen and oxygen atoms in total. The molecular weight excluding hydrogens is 361 g/mol. The van der Waals surface area contributed by atoms with Crippen molar-refractivity contribution in [1.82, 2.24) is 20.8 Å². The van der Waals surface area contributed by atoms with Gasteiger partial charge in [0.2, 0.25) is 11.0 Å². The number of aromatic nitrogens is 2. The molecule has 3 rings (SSSR count). The van der Waals surface area contributed by atoms with Crippen LogP contribution in [0.4, 0.5) is 9.52 Å². The number of carbonyl (C=O) groups excluding carboxylic acids is 2. The van der Waals surface area contributed by atoms with E-state index in [0.717, 1.165) is 0 Å². The van der Waals surface area contributed by atoms with E-state index in [1.165, 1.54) is 29.5 Å². The van der Waals surface area contributed by atoms with Gasteiger partial charge in [0.15, 0.2) is 0 Å². The highest BCUT2D eigenvalue weighted by atomic mass is 32.1. The Hall–Kier alpha value is -2.59. The van der Waals surface area contributed by atoms with E-state index in [2.05, 4.69) is 20.8 Å². The first-order chi connectivity index (χ1) is 12.4. The van der Waals surface area contributed by atoms with E-state index in [1.807, 2.05) is 0 Å². The summed E-state index contributed by atoms with van der Waals surface area (Å²) in [6.07, 6.45) is -0.392. The summed E-state index contributed by atoms with van der Waals surface area (Å²) in [6.45, 7) is 0.201. The van der Waals surface area contributed by atoms with Crippen LogP contribution in [0.5, 0.6) is 0 Å². The number of rotatable bonds is 5. The van der Waals surface area contributed by atoms with Gasteiger partial charge in [0, 0.05) is 5.92 Å². The van der Waals surface area contributed by atoms with E-state index < -0.39 is 29.8 Å².